The van der Waals surface area contributed by atoms with Crippen LogP contribution in [0.15, 0.2) is 18.7 Å². The Bertz CT molecular complexity index is 554. The molecule has 5 saturated carbocycles. The number of imidazole rings is 1. The Kier molecular flexibility index (Phi) is 4.63. The van der Waals surface area contributed by atoms with Crippen molar-refractivity contribution in [1.82, 2.24) is 9.55 Å². The van der Waals surface area contributed by atoms with E-state index in [1.165, 1.54) is 70.6 Å². The second-order valence-electron chi connectivity index (χ2n) is 10.3. The van der Waals surface area contributed by atoms with Gasteiger partial charge in [-0.15, -0.1) is 0 Å². The van der Waals surface area contributed by atoms with E-state index in [9.17, 15) is 0 Å². The number of hydrogen-bond acceptors (Lipinski definition) is 2. The van der Waals surface area contributed by atoms with Gasteiger partial charge in [0.1, 0.15) is 0 Å². The zero-order chi connectivity index (χ0) is 17.6. The van der Waals surface area contributed by atoms with Crippen molar-refractivity contribution in [2.45, 2.75) is 96.3 Å². The van der Waals surface area contributed by atoms with Gasteiger partial charge in [0.15, 0.2) is 0 Å². The Morgan fingerprint density at radius 2 is 1.69 bits per heavy atom. The van der Waals surface area contributed by atoms with Crippen LogP contribution in [0.5, 0.6) is 0 Å². The van der Waals surface area contributed by atoms with Crippen molar-refractivity contribution >= 4 is 0 Å². The van der Waals surface area contributed by atoms with Crippen LogP contribution in [0.4, 0.5) is 0 Å². The largest absolute Gasteiger partial charge is 0.373 e. The van der Waals surface area contributed by atoms with Crippen LogP contribution in [0.2, 0.25) is 0 Å². The number of ether oxygens (including phenoxy) is 1. The Morgan fingerprint density at radius 3 is 2.27 bits per heavy atom. The highest BCUT2D eigenvalue weighted by atomic mass is 16.5. The molecule has 1 aromatic heterocycles. The zero-order valence-electron chi connectivity index (χ0n) is 16.5. The van der Waals surface area contributed by atoms with Gasteiger partial charge in [-0.3, -0.25) is 0 Å². The van der Waals surface area contributed by atoms with Crippen molar-refractivity contribution in [2.75, 3.05) is 0 Å². The average Bonchev–Trinajstić information content (AvgIpc) is 3.14. The van der Waals surface area contributed by atoms with E-state index in [2.05, 4.69) is 22.7 Å². The van der Waals surface area contributed by atoms with Crippen molar-refractivity contribution < 1.29 is 4.74 Å². The van der Waals surface area contributed by atoms with Crippen LogP contribution in [-0.2, 0) is 11.3 Å². The average molecular weight is 357 g/mol. The molecule has 3 nitrogen and oxygen atoms in total. The molecule has 0 radical (unpaired) electrons. The molecule has 0 spiro atoms. The van der Waals surface area contributed by atoms with Crippen LogP contribution in [0.25, 0.3) is 0 Å². The predicted octanol–water partition coefficient (Wildman–Crippen LogP) is 5.45. The van der Waals surface area contributed by atoms with Gasteiger partial charge in [0.05, 0.1) is 25.1 Å². The number of aromatic nitrogens is 2. The third-order valence-electron chi connectivity index (χ3n) is 8.40. The maximum atomic E-state index is 7.00. The minimum atomic E-state index is 0.377. The molecule has 0 saturated heterocycles. The molecule has 5 aliphatic carbocycles. The lowest BCUT2D eigenvalue weighted by atomic mass is 9.48. The Balaban J connectivity index is 1.37. The first-order valence-electron chi connectivity index (χ1n) is 11.3. The van der Waals surface area contributed by atoms with Crippen molar-refractivity contribution in [1.29, 1.82) is 0 Å². The van der Waals surface area contributed by atoms with Gasteiger partial charge in [0.2, 0.25) is 0 Å². The van der Waals surface area contributed by atoms with Gasteiger partial charge in [0.25, 0.3) is 0 Å². The number of rotatable bonds is 6. The van der Waals surface area contributed by atoms with Crippen molar-refractivity contribution in [2.24, 2.45) is 29.1 Å². The summed E-state index contributed by atoms with van der Waals surface area (Å²) in [6.45, 7) is 3.38. The van der Waals surface area contributed by atoms with E-state index in [0.29, 0.717) is 17.6 Å². The smallest absolute Gasteiger partial charge is 0.0946 e. The summed E-state index contributed by atoms with van der Waals surface area (Å²) in [5.41, 5.74) is 0.446. The molecular weight excluding hydrogens is 320 g/mol. The van der Waals surface area contributed by atoms with Gasteiger partial charge in [0, 0.05) is 12.4 Å². The monoisotopic (exact) mass is 356 g/mol. The van der Waals surface area contributed by atoms with E-state index >= 15 is 0 Å². The van der Waals surface area contributed by atoms with Crippen LogP contribution < -0.4 is 0 Å². The topological polar surface area (TPSA) is 27.1 Å². The van der Waals surface area contributed by atoms with Gasteiger partial charge < -0.3 is 9.30 Å². The molecule has 4 bridgehead atoms. The first kappa shape index (κ1) is 17.3. The molecule has 2 unspecified atom stereocenters. The Morgan fingerprint density at radius 1 is 1.04 bits per heavy atom. The molecule has 5 fully saturated rings. The summed E-state index contributed by atoms with van der Waals surface area (Å²) in [6, 6.07) is 0. The first-order valence-corrected chi connectivity index (χ1v) is 11.3. The molecule has 1 heterocycles. The van der Waals surface area contributed by atoms with Crippen LogP contribution in [-0.4, -0.2) is 21.8 Å². The fraction of sp³-hybridized carbons (Fsp3) is 0.870. The lowest BCUT2D eigenvalue weighted by Crippen LogP contribution is -2.54. The lowest BCUT2D eigenvalue weighted by molar-refractivity contribution is -0.172. The fourth-order valence-electron chi connectivity index (χ4n) is 7.51. The van der Waals surface area contributed by atoms with Gasteiger partial charge in [-0.2, -0.15) is 0 Å². The zero-order valence-corrected chi connectivity index (χ0v) is 16.5. The molecule has 0 amide bonds. The third kappa shape index (κ3) is 3.25. The summed E-state index contributed by atoms with van der Waals surface area (Å²) in [6.07, 6.45) is 22.6. The van der Waals surface area contributed by atoms with Crippen LogP contribution in [0, 0.1) is 29.1 Å². The molecule has 3 heteroatoms. The van der Waals surface area contributed by atoms with Crippen LogP contribution in [0.1, 0.15) is 77.6 Å². The van der Waals surface area contributed by atoms with E-state index in [4.69, 9.17) is 4.74 Å². The summed E-state index contributed by atoms with van der Waals surface area (Å²) in [5, 5.41) is 0. The Hall–Kier alpha value is -0.830. The highest BCUT2D eigenvalue weighted by Gasteiger charge is 2.55. The number of hydrogen-bond donors (Lipinski definition) is 0. The summed E-state index contributed by atoms with van der Waals surface area (Å²) in [5.74, 6) is 3.74. The van der Waals surface area contributed by atoms with Gasteiger partial charge in [-0.25, -0.2) is 4.98 Å². The van der Waals surface area contributed by atoms with Gasteiger partial charge in [-0.05, 0) is 87.4 Å². The molecule has 0 N–H and O–H groups in total. The van der Waals surface area contributed by atoms with Gasteiger partial charge >= 0.3 is 0 Å². The normalized spacial score (nSPS) is 39.2. The van der Waals surface area contributed by atoms with E-state index in [-0.39, 0.29) is 0 Å². The van der Waals surface area contributed by atoms with Crippen LogP contribution >= 0.6 is 0 Å². The molecular formula is C23H36N2O. The molecule has 0 aliphatic heterocycles. The van der Waals surface area contributed by atoms with Gasteiger partial charge in [-0.1, -0.05) is 19.3 Å². The van der Waals surface area contributed by atoms with E-state index < -0.39 is 0 Å². The van der Waals surface area contributed by atoms with Crippen LogP contribution in [0.3, 0.4) is 0 Å². The fourth-order valence-corrected chi connectivity index (χ4v) is 7.51. The van der Waals surface area contributed by atoms with Crippen molar-refractivity contribution in [3.8, 4) is 0 Å². The van der Waals surface area contributed by atoms with E-state index in [0.717, 1.165) is 30.2 Å². The predicted molar refractivity (Wildman–Crippen MR) is 104 cm³/mol. The number of nitrogens with zero attached hydrogens (tertiary/aromatic N) is 2. The SMILES string of the molecule is CC(OC(Cn1ccnc1)C12CC3CC(CC(C3)C1)C2)C1CCCCC1. The summed E-state index contributed by atoms with van der Waals surface area (Å²) in [7, 11) is 0. The van der Waals surface area contributed by atoms with E-state index in [1.807, 2.05) is 12.5 Å². The molecule has 1 aromatic rings. The minimum Gasteiger partial charge on any atom is -0.373 e. The minimum absolute atomic E-state index is 0.377. The maximum Gasteiger partial charge on any atom is 0.0946 e. The standard InChI is InChI=1S/C23H36N2O/c1-17(21-5-3-2-4-6-21)26-22(15-25-8-7-24-16-25)23-12-18-9-19(13-23)11-20(10-18)14-23/h7-8,16-22H,2-6,9-15H2,1H3. The highest BCUT2D eigenvalue weighted by molar-refractivity contribution is 5.05. The summed E-state index contributed by atoms with van der Waals surface area (Å²) < 4.78 is 9.27. The second kappa shape index (κ2) is 6.96. The molecule has 0 aromatic carbocycles. The molecule has 26 heavy (non-hydrogen) atoms. The lowest BCUT2D eigenvalue weighted by Gasteiger charge is -2.59. The highest BCUT2D eigenvalue weighted by Crippen LogP contribution is 2.62. The Labute approximate surface area is 158 Å². The first-order chi connectivity index (χ1) is 12.7. The maximum absolute atomic E-state index is 7.00. The molecule has 2 atom stereocenters. The molecule has 6 rings (SSSR count). The molecule has 144 valence electrons. The summed E-state index contributed by atoms with van der Waals surface area (Å²) >= 11 is 0. The molecule has 5 aliphatic rings. The summed E-state index contributed by atoms with van der Waals surface area (Å²) in [4.78, 5) is 4.30. The van der Waals surface area contributed by atoms with E-state index in [1.54, 1.807) is 0 Å². The second-order valence-corrected chi connectivity index (χ2v) is 10.3. The van der Waals surface area contributed by atoms with Crippen molar-refractivity contribution in [3.05, 3.63) is 18.7 Å². The quantitative estimate of drug-likeness (QED) is 0.677. The van der Waals surface area contributed by atoms with Crippen molar-refractivity contribution in [3.63, 3.8) is 0 Å². The third-order valence-corrected chi connectivity index (χ3v) is 8.40.